The van der Waals surface area contributed by atoms with E-state index in [0.29, 0.717) is 19.4 Å². The van der Waals surface area contributed by atoms with Gasteiger partial charge in [-0.25, -0.2) is 0 Å². The average molecular weight is 736 g/mol. The number of aliphatic hydroxyl groups excluding tert-OH is 1. The van der Waals surface area contributed by atoms with Crippen LogP contribution in [0.5, 0.6) is 0 Å². The van der Waals surface area contributed by atoms with Crippen LogP contribution in [0.4, 0.5) is 0 Å². The van der Waals surface area contributed by atoms with Gasteiger partial charge in [-0.15, -0.1) is 0 Å². The van der Waals surface area contributed by atoms with Gasteiger partial charge in [0.15, 0.2) is 0 Å². The Hall–Kier alpha value is -1.14. The first-order chi connectivity index (χ1) is 25.5. The van der Waals surface area contributed by atoms with Gasteiger partial charge < -0.3 is 19.5 Å². The maximum absolute atomic E-state index is 12.7. The first kappa shape index (κ1) is 48.9. The predicted octanol–water partition coefficient (Wildman–Crippen LogP) is 13.1. The molecule has 1 aliphatic rings. The molecule has 0 bridgehead atoms. The minimum Gasteiger partial charge on any atom is -0.466 e. The quantitative estimate of drug-likeness (QED) is 0.0498. The highest BCUT2D eigenvalue weighted by Gasteiger charge is 2.43. The molecule has 1 rings (SSSR count). The van der Waals surface area contributed by atoms with Gasteiger partial charge in [-0.1, -0.05) is 156 Å². The topological polar surface area (TPSA) is 76.1 Å². The van der Waals surface area contributed by atoms with Crippen molar-refractivity contribution in [2.24, 2.45) is 5.41 Å². The van der Waals surface area contributed by atoms with Crippen LogP contribution in [0.25, 0.3) is 0 Å². The summed E-state index contributed by atoms with van der Waals surface area (Å²) in [6.45, 7) is 10.4. The minimum atomic E-state index is 0.0161. The van der Waals surface area contributed by atoms with Crippen molar-refractivity contribution in [3.05, 3.63) is 0 Å². The zero-order chi connectivity index (χ0) is 37.8. The normalized spacial score (nSPS) is 13.7. The van der Waals surface area contributed by atoms with E-state index >= 15 is 0 Å². The SMILES string of the molecule is CCCCCCCCCOC(=O)CC1(CCCCCN(CCO)CCCCCCCC(=O)OC(CCCCCCCC)CCCCCCCC)CC1. The molecule has 1 fully saturated rings. The van der Waals surface area contributed by atoms with Gasteiger partial charge in [0.1, 0.15) is 6.10 Å². The van der Waals surface area contributed by atoms with Crippen LogP contribution in [0.3, 0.4) is 0 Å². The van der Waals surface area contributed by atoms with Crippen LogP contribution >= 0.6 is 0 Å². The molecule has 0 aliphatic heterocycles. The number of nitrogens with zero attached hydrogens (tertiary/aromatic N) is 1. The molecule has 308 valence electrons. The zero-order valence-electron chi connectivity index (χ0n) is 35.2. The number of esters is 2. The van der Waals surface area contributed by atoms with Crippen molar-refractivity contribution in [2.45, 2.75) is 245 Å². The molecule has 0 spiro atoms. The Morgan fingerprint density at radius 3 is 1.54 bits per heavy atom. The maximum atomic E-state index is 12.7. The highest BCUT2D eigenvalue weighted by molar-refractivity contribution is 5.70. The molecule has 0 radical (unpaired) electrons. The van der Waals surface area contributed by atoms with E-state index in [-0.39, 0.29) is 30.1 Å². The van der Waals surface area contributed by atoms with E-state index in [4.69, 9.17) is 9.47 Å². The van der Waals surface area contributed by atoms with Gasteiger partial charge in [-0.05, 0) is 89.1 Å². The largest absolute Gasteiger partial charge is 0.466 e. The number of hydrogen-bond acceptors (Lipinski definition) is 6. The number of unbranched alkanes of at least 4 members (excludes halogenated alkanes) is 22. The van der Waals surface area contributed by atoms with Crippen molar-refractivity contribution in [3.63, 3.8) is 0 Å². The summed E-state index contributed by atoms with van der Waals surface area (Å²) in [5.41, 5.74) is 0.224. The van der Waals surface area contributed by atoms with Crippen LogP contribution < -0.4 is 0 Å². The average Bonchev–Trinajstić information content (AvgIpc) is 3.90. The molecule has 6 heteroatoms. The first-order valence-electron chi connectivity index (χ1n) is 23.2. The molecule has 1 saturated carbocycles. The van der Waals surface area contributed by atoms with Crippen LogP contribution in [0.1, 0.15) is 239 Å². The third kappa shape index (κ3) is 30.2. The zero-order valence-corrected chi connectivity index (χ0v) is 35.2. The smallest absolute Gasteiger partial charge is 0.306 e. The summed E-state index contributed by atoms with van der Waals surface area (Å²) in [6.07, 6.45) is 40.0. The van der Waals surface area contributed by atoms with E-state index in [1.54, 1.807) is 0 Å². The first-order valence-corrected chi connectivity index (χ1v) is 23.2. The predicted molar refractivity (Wildman–Crippen MR) is 221 cm³/mol. The summed E-state index contributed by atoms with van der Waals surface area (Å²) >= 11 is 0. The van der Waals surface area contributed by atoms with E-state index in [1.165, 1.54) is 148 Å². The van der Waals surface area contributed by atoms with E-state index < -0.39 is 0 Å². The lowest BCUT2D eigenvalue weighted by atomic mass is 9.94. The molecule has 0 saturated heterocycles. The van der Waals surface area contributed by atoms with Gasteiger partial charge in [0, 0.05) is 13.0 Å². The Morgan fingerprint density at radius 1 is 0.558 bits per heavy atom. The van der Waals surface area contributed by atoms with Gasteiger partial charge in [0.25, 0.3) is 0 Å². The van der Waals surface area contributed by atoms with Gasteiger partial charge in [0.2, 0.25) is 0 Å². The second-order valence-corrected chi connectivity index (χ2v) is 16.6. The van der Waals surface area contributed by atoms with E-state index in [1.807, 2.05) is 0 Å². The number of hydrogen-bond donors (Lipinski definition) is 1. The fourth-order valence-corrected chi connectivity index (χ4v) is 7.73. The standard InChI is InChI=1S/C46H89NO5/c1-4-7-10-13-16-22-30-41-51-45(50)42-46(35-36-46)34-27-23-29-38-47(39-40-48)37-28-21-17-20-26-33-44(49)52-43(31-24-18-14-11-8-5-2)32-25-19-15-12-9-6-3/h43,48H,4-42H2,1-3H3. The van der Waals surface area contributed by atoms with Crippen LogP contribution in [-0.4, -0.2) is 60.9 Å². The van der Waals surface area contributed by atoms with Gasteiger partial charge in [-0.2, -0.15) is 0 Å². The Morgan fingerprint density at radius 2 is 1.02 bits per heavy atom. The lowest BCUT2D eigenvalue weighted by molar-refractivity contribution is -0.150. The summed E-state index contributed by atoms with van der Waals surface area (Å²) in [5, 5.41) is 9.61. The lowest BCUT2D eigenvalue weighted by Gasteiger charge is -2.21. The second kappa shape index (κ2) is 35.6. The van der Waals surface area contributed by atoms with Gasteiger partial charge in [-0.3, -0.25) is 9.59 Å². The fourth-order valence-electron chi connectivity index (χ4n) is 7.73. The Balaban J connectivity index is 2.14. The molecule has 0 amide bonds. The maximum Gasteiger partial charge on any atom is 0.306 e. The molecular weight excluding hydrogens is 647 g/mol. The third-order valence-corrected chi connectivity index (χ3v) is 11.5. The number of carbonyl (C=O) groups is 2. The molecule has 0 aromatic carbocycles. The summed E-state index contributed by atoms with van der Waals surface area (Å²) in [5.74, 6) is 0.0335. The number of rotatable bonds is 41. The van der Waals surface area contributed by atoms with Crippen LogP contribution in [0.2, 0.25) is 0 Å². The third-order valence-electron chi connectivity index (χ3n) is 11.5. The fraction of sp³-hybridized carbons (Fsp3) is 0.957. The summed E-state index contributed by atoms with van der Waals surface area (Å²) in [7, 11) is 0. The molecule has 52 heavy (non-hydrogen) atoms. The van der Waals surface area contributed by atoms with Gasteiger partial charge >= 0.3 is 11.9 Å². The van der Waals surface area contributed by atoms with Crippen molar-refractivity contribution < 1.29 is 24.2 Å². The van der Waals surface area contributed by atoms with Crippen molar-refractivity contribution in [3.8, 4) is 0 Å². The number of carbonyl (C=O) groups excluding carboxylic acids is 2. The summed E-state index contributed by atoms with van der Waals surface area (Å²) in [6, 6.07) is 0. The number of ether oxygens (including phenoxy) is 2. The Labute approximate surface area is 323 Å². The van der Waals surface area contributed by atoms with E-state index in [2.05, 4.69) is 25.7 Å². The van der Waals surface area contributed by atoms with Crippen molar-refractivity contribution in [1.82, 2.24) is 4.90 Å². The van der Waals surface area contributed by atoms with Crippen LogP contribution in [-0.2, 0) is 19.1 Å². The summed E-state index contributed by atoms with van der Waals surface area (Å²) < 4.78 is 11.6. The van der Waals surface area contributed by atoms with E-state index in [9.17, 15) is 14.7 Å². The van der Waals surface area contributed by atoms with E-state index in [0.717, 1.165) is 77.4 Å². The van der Waals surface area contributed by atoms with Crippen LogP contribution in [0, 0.1) is 5.41 Å². The molecule has 0 unspecified atom stereocenters. The Bertz CT molecular complexity index is 784. The number of aliphatic hydroxyl groups is 1. The monoisotopic (exact) mass is 736 g/mol. The van der Waals surface area contributed by atoms with Crippen molar-refractivity contribution >= 4 is 11.9 Å². The molecule has 0 aromatic rings. The van der Waals surface area contributed by atoms with Crippen molar-refractivity contribution in [2.75, 3.05) is 32.8 Å². The Kier molecular flexibility index (Phi) is 33.4. The summed E-state index contributed by atoms with van der Waals surface area (Å²) in [4.78, 5) is 27.6. The molecule has 0 heterocycles. The second-order valence-electron chi connectivity index (χ2n) is 16.6. The van der Waals surface area contributed by atoms with Gasteiger partial charge in [0.05, 0.1) is 19.6 Å². The molecule has 0 atom stereocenters. The minimum absolute atomic E-state index is 0.0161. The molecule has 6 nitrogen and oxygen atoms in total. The molecule has 0 aromatic heterocycles. The highest BCUT2D eigenvalue weighted by Crippen LogP contribution is 2.53. The molecular formula is C46H89NO5. The lowest BCUT2D eigenvalue weighted by Crippen LogP contribution is -2.29. The molecule has 1 N–H and O–H groups in total. The molecule has 1 aliphatic carbocycles. The highest BCUT2D eigenvalue weighted by atomic mass is 16.5. The van der Waals surface area contributed by atoms with Crippen molar-refractivity contribution in [1.29, 1.82) is 0 Å². The van der Waals surface area contributed by atoms with Crippen LogP contribution in [0.15, 0.2) is 0 Å².